The highest BCUT2D eigenvalue weighted by Gasteiger charge is 2.25. The number of carbonyl (C=O) groups is 1. The van der Waals surface area contributed by atoms with E-state index in [0.717, 1.165) is 29.7 Å². The Morgan fingerprint density at radius 2 is 1.83 bits per heavy atom. The molecule has 1 heterocycles. The lowest BCUT2D eigenvalue weighted by Crippen LogP contribution is -2.30. The van der Waals surface area contributed by atoms with Gasteiger partial charge in [-0.1, -0.05) is 12.1 Å². The summed E-state index contributed by atoms with van der Waals surface area (Å²) in [6.45, 7) is 5.61. The summed E-state index contributed by atoms with van der Waals surface area (Å²) in [6.07, 6.45) is 1.90. The SMILES string of the molecule is COc1ccc(S(=O)(=O)NCCOc2cccc(C)c2C)cc1C(=O)N1CCCC1. The Morgan fingerprint density at radius 1 is 1.10 bits per heavy atom. The highest BCUT2D eigenvalue weighted by atomic mass is 32.2. The monoisotopic (exact) mass is 432 g/mol. The average molecular weight is 433 g/mol. The van der Waals surface area contributed by atoms with Crippen molar-refractivity contribution >= 4 is 15.9 Å². The summed E-state index contributed by atoms with van der Waals surface area (Å²) in [6, 6.07) is 10.1. The summed E-state index contributed by atoms with van der Waals surface area (Å²) < 4.78 is 39.0. The summed E-state index contributed by atoms with van der Waals surface area (Å²) in [7, 11) is -2.33. The first kappa shape index (κ1) is 22.1. The molecule has 162 valence electrons. The molecule has 1 N–H and O–H groups in total. The molecule has 0 atom stereocenters. The van der Waals surface area contributed by atoms with Crippen molar-refractivity contribution in [2.24, 2.45) is 0 Å². The van der Waals surface area contributed by atoms with Crippen molar-refractivity contribution in [3.05, 3.63) is 53.1 Å². The molecule has 1 aliphatic heterocycles. The van der Waals surface area contributed by atoms with E-state index in [1.807, 2.05) is 32.0 Å². The second kappa shape index (κ2) is 9.49. The number of nitrogens with zero attached hydrogens (tertiary/aromatic N) is 1. The lowest BCUT2D eigenvalue weighted by molar-refractivity contribution is 0.0789. The number of hydrogen-bond acceptors (Lipinski definition) is 5. The molecule has 1 amide bonds. The van der Waals surface area contributed by atoms with Crippen LogP contribution in [0, 0.1) is 13.8 Å². The van der Waals surface area contributed by atoms with Crippen molar-refractivity contribution in [1.29, 1.82) is 0 Å². The zero-order valence-corrected chi connectivity index (χ0v) is 18.4. The smallest absolute Gasteiger partial charge is 0.257 e. The van der Waals surface area contributed by atoms with Crippen molar-refractivity contribution in [1.82, 2.24) is 9.62 Å². The maximum Gasteiger partial charge on any atom is 0.257 e. The van der Waals surface area contributed by atoms with E-state index in [1.165, 1.54) is 25.3 Å². The highest BCUT2D eigenvalue weighted by Crippen LogP contribution is 2.25. The molecule has 0 aromatic heterocycles. The standard InChI is InChI=1S/C22H28N2O5S/c1-16-7-6-8-20(17(16)2)29-14-11-23-30(26,27)18-9-10-21(28-3)19(15-18)22(25)24-12-4-5-13-24/h6-10,15,23H,4-5,11-14H2,1-3H3. The van der Waals surface area contributed by atoms with Gasteiger partial charge in [-0.3, -0.25) is 4.79 Å². The zero-order valence-electron chi connectivity index (χ0n) is 17.6. The lowest BCUT2D eigenvalue weighted by Gasteiger charge is -2.18. The topological polar surface area (TPSA) is 84.9 Å². The summed E-state index contributed by atoms with van der Waals surface area (Å²) >= 11 is 0. The van der Waals surface area contributed by atoms with E-state index in [4.69, 9.17) is 9.47 Å². The number of amides is 1. The second-order valence-corrected chi connectivity index (χ2v) is 9.07. The molecule has 30 heavy (non-hydrogen) atoms. The lowest BCUT2D eigenvalue weighted by atomic mass is 10.1. The molecule has 0 radical (unpaired) electrons. The minimum absolute atomic E-state index is 0.0255. The Balaban J connectivity index is 1.68. The number of sulfonamides is 1. The van der Waals surface area contributed by atoms with Crippen LogP contribution in [0.15, 0.2) is 41.3 Å². The van der Waals surface area contributed by atoms with Crippen LogP contribution in [-0.2, 0) is 10.0 Å². The molecule has 0 aliphatic carbocycles. The molecule has 3 rings (SSSR count). The third-order valence-electron chi connectivity index (χ3n) is 5.31. The van der Waals surface area contributed by atoms with Gasteiger partial charge in [0.15, 0.2) is 0 Å². The molecule has 1 fully saturated rings. The largest absolute Gasteiger partial charge is 0.496 e. The van der Waals surface area contributed by atoms with Crippen molar-refractivity contribution in [2.45, 2.75) is 31.6 Å². The predicted octanol–water partition coefficient (Wildman–Crippen LogP) is 2.91. The maximum absolute atomic E-state index is 12.8. The third-order valence-corrected chi connectivity index (χ3v) is 6.77. The zero-order chi connectivity index (χ0) is 21.7. The molecule has 2 aromatic rings. The van der Waals surface area contributed by atoms with E-state index in [-0.39, 0.29) is 29.5 Å². The van der Waals surface area contributed by atoms with E-state index in [0.29, 0.717) is 18.8 Å². The van der Waals surface area contributed by atoms with Crippen LogP contribution < -0.4 is 14.2 Å². The van der Waals surface area contributed by atoms with Gasteiger partial charge in [-0.25, -0.2) is 13.1 Å². The van der Waals surface area contributed by atoms with E-state index >= 15 is 0 Å². The normalized spacial score (nSPS) is 14.0. The summed E-state index contributed by atoms with van der Waals surface area (Å²) in [5, 5.41) is 0. The highest BCUT2D eigenvalue weighted by molar-refractivity contribution is 7.89. The van der Waals surface area contributed by atoms with Crippen LogP contribution in [0.2, 0.25) is 0 Å². The Bertz CT molecular complexity index is 1010. The maximum atomic E-state index is 12.8. The number of rotatable bonds is 8. The number of benzene rings is 2. The first-order chi connectivity index (χ1) is 14.3. The Labute approximate surface area is 178 Å². The Hall–Kier alpha value is -2.58. The van der Waals surface area contributed by atoms with Gasteiger partial charge in [0.25, 0.3) is 5.91 Å². The minimum Gasteiger partial charge on any atom is -0.496 e. The number of likely N-dealkylation sites (tertiary alicyclic amines) is 1. The van der Waals surface area contributed by atoms with Gasteiger partial charge in [-0.2, -0.15) is 0 Å². The Morgan fingerprint density at radius 3 is 2.53 bits per heavy atom. The van der Waals surface area contributed by atoms with Crippen LogP contribution in [0.1, 0.15) is 34.3 Å². The van der Waals surface area contributed by atoms with Gasteiger partial charge in [0.1, 0.15) is 18.1 Å². The van der Waals surface area contributed by atoms with Gasteiger partial charge in [0.05, 0.1) is 17.6 Å². The summed E-state index contributed by atoms with van der Waals surface area (Å²) in [5.74, 6) is 0.890. The molecule has 0 spiro atoms. The minimum atomic E-state index is -3.79. The van der Waals surface area contributed by atoms with Crippen LogP contribution in [-0.4, -0.2) is 52.6 Å². The summed E-state index contributed by atoms with van der Waals surface area (Å²) in [5.41, 5.74) is 2.40. The molecule has 7 nitrogen and oxygen atoms in total. The van der Waals surface area contributed by atoms with Crippen LogP contribution in [0.5, 0.6) is 11.5 Å². The number of ether oxygens (including phenoxy) is 2. The van der Waals surface area contributed by atoms with E-state index in [9.17, 15) is 13.2 Å². The molecule has 1 aliphatic rings. The Kier molecular flexibility index (Phi) is 6.99. The molecular formula is C22H28N2O5S. The third kappa shape index (κ3) is 4.94. The molecular weight excluding hydrogens is 404 g/mol. The first-order valence-electron chi connectivity index (χ1n) is 9.99. The van der Waals surface area contributed by atoms with Crippen molar-refractivity contribution in [2.75, 3.05) is 33.4 Å². The number of methoxy groups -OCH3 is 1. The summed E-state index contributed by atoms with van der Waals surface area (Å²) in [4.78, 5) is 14.5. The van der Waals surface area contributed by atoms with Gasteiger partial charge in [-0.05, 0) is 62.1 Å². The van der Waals surface area contributed by atoms with Crippen molar-refractivity contribution in [3.8, 4) is 11.5 Å². The molecule has 2 aromatic carbocycles. The van der Waals surface area contributed by atoms with Crippen LogP contribution >= 0.6 is 0 Å². The first-order valence-corrected chi connectivity index (χ1v) is 11.5. The number of carbonyl (C=O) groups excluding carboxylic acids is 1. The van der Waals surface area contributed by atoms with Crippen LogP contribution in [0.4, 0.5) is 0 Å². The van der Waals surface area contributed by atoms with Gasteiger partial charge in [0.2, 0.25) is 10.0 Å². The fourth-order valence-corrected chi connectivity index (χ4v) is 4.45. The number of hydrogen-bond donors (Lipinski definition) is 1. The van der Waals surface area contributed by atoms with E-state index in [1.54, 1.807) is 4.90 Å². The fraction of sp³-hybridized carbons (Fsp3) is 0.409. The van der Waals surface area contributed by atoms with E-state index < -0.39 is 10.0 Å². The van der Waals surface area contributed by atoms with Crippen LogP contribution in [0.25, 0.3) is 0 Å². The quantitative estimate of drug-likeness (QED) is 0.649. The molecule has 0 saturated carbocycles. The van der Waals surface area contributed by atoms with Gasteiger partial charge < -0.3 is 14.4 Å². The number of nitrogens with one attached hydrogen (secondary N) is 1. The van der Waals surface area contributed by atoms with E-state index in [2.05, 4.69) is 4.72 Å². The van der Waals surface area contributed by atoms with Crippen molar-refractivity contribution in [3.63, 3.8) is 0 Å². The van der Waals surface area contributed by atoms with Crippen molar-refractivity contribution < 1.29 is 22.7 Å². The predicted molar refractivity (Wildman–Crippen MR) is 115 cm³/mol. The second-order valence-electron chi connectivity index (χ2n) is 7.31. The molecule has 0 unspecified atom stereocenters. The van der Waals surface area contributed by atoms with Gasteiger partial charge >= 0.3 is 0 Å². The fourth-order valence-electron chi connectivity index (χ4n) is 3.41. The average Bonchev–Trinajstić information content (AvgIpc) is 3.28. The number of aryl methyl sites for hydroxylation is 1. The molecule has 0 bridgehead atoms. The van der Waals surface area contributed by atoms with Crippen LogP contribution in [0.3, 0.4) is 0 Å². The van der Waals surface area contributed by atoms with Gasteiger partial charge in [-0.15, -0.1) is 0 Å². The molecule has 1 saturated heterocycles. The van der Waals surface area contributed by atoms with Gasteiger partial charge in [0, 0.05) is 19.6 Å². The molecule has 8 heteroatoms.